The first kappa shape index (κ1) is 13.0. The fourth-order valence-corrected chi connectivity index (χ4v) is 2.30. The molecule has 1 saturated heterocycles. The average Bonchev–Trinajstić information content (AvgIpc) is 2.83. The summed E-state index contributed by atoms with van der Waals surface area (Å²) in [5, 5.41) is 0. The van der Waals surface area contributed by atoms with Gasteiger partial charge in [-0.2, -0.15) is 0 Å². The van der Waals surface area contributed by atoms with Crippen molar-refractivity contribution in [3.8, 4) is 0 Å². The molecular formula is C13H14F2N4O. The van der Waals surface area contributed by atoms with Gasteiger partial charge in [0.1, 0.15) is 11.3 Å². The van der Waals surface area contributed by atoms with Gasteiger partial charge in [0.15, 0.2) is 11.6 Å². The van der Waals surface area contributed by atoms with E-state index in [9.17, 15) is 13.6 Å². The number of imidazole rings is 1. The van der Waals surface area contributed by atoms with Crippen LogP contribution in [0, 0.1) is 11.6 Å². The summed E-state index contributed by atoms with van der Waals surface area (Å²) in [5.74, 6) is -1.70. The Morgan fingerprint density at radius 3 is 2.65 bits per heavy atom. The molecule has 20 heavy (non-hydrogen) atoms. The van der Waals surface area contributed by atoms with E-state index in [1.807, 2.05) is 7.05 Å². The van der Waals surface area contributed by atoms with Crippen LogP contribution in [0.1, 0.15) is 10.6 Å². The van der Waals surface area contributed by atoms with Crippen molar-refractivity contribution in [3.05, 3.63) is 29.6 Å². The number of amides is 1. The lowest BCUT2D eigenvalue weighted by atomic mass is 10.3. The van der Waals surface area contributed by atoms with E-state index in [0.717, 1.165) is 25.2 Å². The van der Waals surface area contributed by atoms with Crippen molar-refractivity contribution < 1.29 is 13.6 Å². The zero-order valence-corrected chi connectivity index (χ0v) is 11.0. The van der Waals surface area contributed by atoms with E-state index in [1.165, 1.54) is 0 Å². The summed E-state index contributed by atoms with van der Waals surface area (Å²) in [5.41, 5.74) is 0.184. The Morgan fingerprint density at radius 2 is 1.95 bits per heavy atom. The van der Waals surface area contributed by atoms with E-state index in [2.05, 4.69) is 14.9 Å². The molecule has 0 spiro atoms. The van der Waals surface area contributed by atoms with E-state index in [-0.39, 0.29) is 22.8 Å². The smallest absolute Gasteiger partial charge is 0.289 e. The van der Waals surface area contributed by atoms with Crippen LogP contribution in [-0.4, -0.2) is 58.9 Å². The molecule has 2 aromatic rings. The van der Waals surface area contributed by atoms with Crippen LogP contribution < -0.4 is 0 Å². The van der Waals surface area contributed by atoms with Crippen molar-refractivity contribution >= 4 is 16.9 Å². The van der Waals surface area contributed by atoms with E-state index >= 15 is 0 Å². The van der Waals surface area contributed by atoms with Crippen molar-refractivity contribution in [1.29, 1.82) is 0 Å². The molecule has 0 bridgehead atoms. The number of benzene rings is 1. The van der Waals surface area contributed by atoms with Gasteiger partial charge in [-0.25, -0.2) is 13.8 Å². The Balaban J connectivity index is 1.90. The lowest BCUT2D eigenvalue weighted by Crippen LogP contribution is -2.47. The predicted molar refractivity (Wildman–Crippen MR) is 69.4 cm³/mol. The molecule has 1 aliphatic heterocycles. The third-order valence-corrected chi connectivity index (χ3v) is 3.50. The third-order valence-electron chi connectivity index (χ3n) is 3.50. The summed E-state index contributed by atoms with van der Waals surface area (Å²) in [4.78, 5) is 22.7. The van der Waals surface area contributed by atoms with Crippen LogP contribution >= 0.6 is 0 Å². The van der Waals surface area contributed by atoms with Gasteiger partial charge in [0.2, 0.25) is 0 Å². The van der Waals surface area contributed by atoms with Crippen molar-refractivity contribution in [2.45, 2.75) is 0 Å². The van der Waals surface area contributed by atoms with Crippen LogP contribution in [0.5, 0.6) is 0 Å². The lowest BCUT2D eigenvalue weighted by Gasteiger charge is -2.31. The summed E-state index contributed by atoms with van der Waals surface area (Å²) in [6.45, 7) is 2.77. The van der Waals surface area contributed by atoms with Crippen LogP contribution in [0.3, 0.4) is 0 Å². The molecule has 0 saturated carbocycles. The zero-order valence-electron chi connectivity index (χ0n) is 11.0. The third kappa shape index (κ3) is 2.24. The molecule has 1 aromatic carbocycles. The van der Waals surface area contributed by atoms with Gasteiger partial charge in [0.25, 0.3) is 5.91 Å². The van der Waals surface area contributed by atoms with Gasteiger partial charge in [-0.15, -0.1) is 0 Å². The maximum atomic E-state index is 13.6. The number of aromatic amines is 1. The molecule has 0 radical (unpaired) electrons. The molecule has 1 aromatic heterocycles. The van der Waals surface area contributed by atoms with Crippen LogP contribution in [0.15, 0.2) is 12.1 Å². The second-order valence-corrected chi connectivity index (χ2v) is 4.96. The fourth-order valence-electron chi connectivity index (χ4n) is 2.30. The van der Waals surface area contributed by atoms with E-state index in [1.54, 1.807) is 4.90 Å². The van der Waals surface area contributed by atoms with E-state index in [4.69, 9.17) is 0 Å². The highest BCUT2D eigenvalue weighted by molar-refractivity contribution is 5.94. The Bertz CT molecular complexity index is 662. The summed E-state index contributed by atoms with van der Waals surface area (Å²) in [6, 6.07) is 1.89. The molecule has 1 N–H and O–H groups in total. The van der Waals surface area contributed by atoms with Gasteiger partial charge in [0, 0.05) is 32.2 Å². The average molecular weight is 280 g/mol. The second-order valence-electron chi connectivity index (χ2n) is 4.96. The fraction of sp³-hybridized carbons (Fsp3) is 0.385. The summed E-state index contributed by atoms with van der Waals surface area (Å²) < 4.78 is 26.7. The maximum absolute atomic E-state index is 13.6. The number of carbonyl (C=O) groups is 1. The standard InChI is InChI=1S/C13H14F2N4O/c1-18-2-4-19(5-3-18)13(20)12-16-10-7-8(14)6-9(15)11(10)17-12/h6-7H,2-5H2,1H3,(H,16,17). The van der Waals surface area contributed by atoms with Crippen molar-refractivity contribution in [2.24, 2.45) is 0 Å². The van der Waals surface area contributed by atoms with Crippen LogP contribution in [0.4, 0.5) is 8.78 Å². The Morgan fingerprint density at radius 1 is 1.25 bits per heavy atom. The number of aromatic nitrogens is 2. The van der Waals surface area contributed by atoms with Gasteiger partial charge < -0.3 is 14.8 Å². The van der Waals surface area contributed by atoms with Gasteiger partial charge in [0.05, 0.1) is 5.52 Å². The number of nitrogens with zero attached hydrogens (tertiary/aromatic N) is 3. The topological polar surface area (TPSA) is 52.2 Å². The summed E-state index contributed by atoms with van der Waals surface area (Å²) in [6.07, 6.45) is 0. The highest BCUT2D eigenvalue weighted by Crippen LogP contribution is 2.18. The highest BCUT2D eigenvalue weighted by Gasteiger charge is 2.23. The molecule has 2 heterocycles. The first-order valence-corrected chi connectivity index (χ1v) is 6.37. The number of halogens is 2. The monoisotopic (exact) mass is 280 g/mol. The number of rotatable bonds is 1. The van der Waals surface area contributed by atoms with Crippen LogP contribution in [0.2, 0.25) is 0 Å². The van der Waals surface area contributed by atoms with Gasteiger partial charge in [-0.3, -0.25) is 4.79 Å². The SMILES string of the molecule is CN1CCN(C(=O)c2nc3c(F)cc(F)cc3[nH]2)CC1. The Kier molecular flexibility index (Phi) is 3.13. The Labute approximate surface area is 114 Å². The number of hydrogen-bond acceptors (Lipinski definition) is 3. The number of nitrogens with one attached hydrogen (secondary N) is 1. The number of fused-ring (bicyclic) bond motifs is 1. The Hall–Kier alpha value is -2.02. The summed E-state index contributed by atoms with van der Waals surface area (Å²) in [7, 11) is 1.99. The number of carbonyl (C=O) groups excluding carboxylic acids is 1. The number of likely N-dealkylation sites (N-methyl/N-ethyl adjacent to an activating group) is 1. The molecule has 1 amide bonds. The maximum Gasteiger partial charge on any atom is 0.289 e. The largest absolute Gasteiger partial charge is 0.334 e. The molecular weight excluding hydrogens is 266 g/mol. The number of hydrogen-bond donors (Lipinski definition) is 1. The molecule has 1 aliphatic rings. The zero-order chi connectivity index (χ0) is 14.3. The minimum Gasteiger partial charge on any atom is -0.334 e. The van der Waals surface area contributed by atoms with E-state index < -0.39 is 11.6 Å². The first-order valence-electron chi connectivity index (χ1n) is 6.37. The molecule has 0 atom stereocenters. The van der Waals surface area contributed by atoms with Crippen LogP contribution in [-0.2, 0) is 0 Å². The van der Waals surface area contributed by atoms with Crippen molar-refractivity contribution in [3.63, 3.8) is 0 Å². The lowest BCUT2D eigenvalue weighted by molar-refractivity contribution is 0.0653. The minimum atomic E-state index is -0.770. The molecule has 7 heteroatoms. The molecule has 0 aliphatic carbocycles. The summed E-state index contributed by atoms with van der Waals surface area (Å²) >= 11 is 0. The van der Waals surface area contributed by atoms with Gasteiger partial charge in [-0.05, 0) is 13.1 Å². The van der Waals surface area contributed by atoms with Crippen LogP contribution in [0.25, 0.3) is 11.0 Å². The van der Waals surface area contributed by atoms with Crippen molar-refractivity contribution in [2.75, 3.05) is 33.2 Å². The molecule has 5 nitrogen and oxygen atoms in total. The second kappa shape index (κ2) is 4.82. The molecule has 106 valence electrons. The molecule has 0 unspecified atom stereocenters. The minimum absolute atomic E-state index is 0.0103. The normalized spacial score (nSPS) is 16.9. The number of H-pyrrole nitrogens is 1. The molecule has 1 fully saturated rings. The van der Waals surface area contributed by atoms with Crippen molar-refractivity contribution in [1.82, 2.24) is 19.8 Å². The highest BCUT2D eigenvalue weighted by atomic mass is 19.1. The number of piperazine rings is 1. The van der Waals surface area contributed by atoms with E-state index in [0.29, 0.717) is 13.1 Å². The molecule has 3 rings (SSSR count). The van der Waals surface area contributed by atoms with Gasteiger partial charge >= 0.3 is 0 Å². The first-order chi connectivity index (χ1) is 9.54. The predicted octanol–water partition coefficient (Wildman–Crippen LogP) is 1.23. The van der Waals surface area contributed by atoms with Gasteiger partial charge in [-0.1, -0.05) is 0 Å². The quantitative estimate of drug-likeness (QED) is 0.855.